The van der Waals surface area contributed by atoms with Crippen LogP contribution in [0.1, 0.15) is 0 Å². The van der Waals surface area contributed by atoms with Crippen molar-refractivity contribution in [1.82, 2.24) is 0 Å². The fourth-order valence-electron chi connectivity index (χ4n) is 1.71. The van der Waals surface area contributed by atoms with Crippen LogP contribution in [0.15, 0.2) is 36.4 Å². The predicted octanol–water partition coefficient (Wildman–Crippen LogP) is 0.639. The molecule has 124 valence electrons. The molecule has 0 spiro atoms. The van der Waals surface area contributed by atoms with Crippen LogP contribution in [0, 0.1) is 13.0 Å². The maximum Gasteiger partial charge on any atom is 0.485 e. The SMILES string of the molecule is Fc1ccc(Cl)c2c1[I+]c1ccccc1-2.O=S(=O)([O-])C(F)(F)F. The van der Waals surface area contributed by atoms with E-state index in [-0.39, 0.29) is 5.82 Å². The van der Waals surface area contributed by atoms with Crippen LogP contribution in [-0.2, 0) is 10.1 Å². The van der Waals surface area contributed by atoms with Gasteiger partial charge in [0.25, 0.3) is 0 Å². The van der Waals surface area contributed by atoms with Gasteiger partial charge in [-0.1, -0.05) is 23.7 Å². The van der Waals surface area contributed by atoms with Crippen LogP contribution in [-0.4, -0.2) is 18.5 Å². The molecule has 0 aromatic heterocycles. The highest BCUT2D eigenvalue weighted by Crippen LogP contribution is 2.30. The molecule has 1 aliphatic rings. The normalized spacial score (nSPS) is 13.0. The Labute approximate surface area is 144 Å². The number of rotatable bonds is 0. The zero-order valence-electron chi connectivity index (χ0n) is 10.9. The molecule has 3 rings (SSSR count). The molecular weight excluding hydrogens is 475 g/mol. The summed E-state index contributed by atoms with van der Waals surface area (Å²) >= 11 is 5.73. The molecule has 2 aromatic carbocycles. The van der Waals surface area contributed by atoms with Crippen molar-refractivity contribution < 1.29 is 51.7 Å². The molecule has 0 N–H and O–H groups in total. The summed E-state index contributed by atoms with van der Waals surface area (Å²) < 4.78 is 74.6. The Morgan fingerprint density at radius 3 is 2.22 bits per heavy atom. The minimum Gasteiger partial charge on any atom is -0.741 e. The van der Waals surface area contributed by atoms with Crippen molar-refractivity contribution in [3.05, 3.63) is 54.4 Å². The zero-order valence-corrected chi connectivity index (χ0v) is 14.6. The number of fused-ring (bicyclic) bond motifs is 3. The van der Waals surface area contributed by atoms with E-state index >= 15 is 0 Å². The lowest BCUT2D eigenvalue weighted by molar-refractivity contribution is -0.592. The molecule has 10 heteroatoms. The lowest BCUT2D eigenvalue weighted by Crippen LogP contribution is -3.61. The van der Waals surface area contributed by atoms with Gasteiger partial charge < -0.3 is 4.55 Å². The van der Waals surface area contributed by atoms with Gasteiger partial charge in [-0.3, -0.25) is 0 Å². The van der Waals surface area contributed by atoms with E-state index in [2.05, 4.69) is 6.07 Å². The van der Waals surface area contributed by atoms with Crippen molar-refractivity contribution in [2.75, 3.05) is 0 Å². The summed E-state index contributed by atoms with van der Waals surface area (Å²) in [6.07, 6.45) is 0. The summed E-state index contributed by atoms with van der Waals surface area (Å²) in [7, 11) is -6.09. The molecule has 0 radical (unpaired) electrons. The van der Waals surface area contributed by atoms with E-state index < -0.39 is 36.8 Å². The van der Waals surface area contributed by atoms with Crippen LogP contribution in [0.4, 0.5) is 17.6 Å². The van der Waals surface area contributed by atoms with Crippen LogP contribution in [0.2, 0.25) is 5.02 Å². The average molecular weight is 481 g/mol. The largest absolute Gasteiger partial charge is 0.741 e. The number of benzene rings is 2. The molecule has 0 unspecified atom stereocenters. The lowest BCUT2D eigenvalue weighted by atomic mass is 10.1. The first-order chi connectivity index (χ1) is 10.5. The van der Waals surface area contributed by atoms with E-state index in [0.29, 0.717) is 5.02 Å². The summed E-state index contributed by atoms with van der Waals surface area (Å²) in [6, 6.07) is 11.2. The average Bonchev–Trinajstić information content (AvgIpc) is 2.82. The summed E-state index contributed by atoms with van der Waals surface area (Å²) in [6.45, 7) is 0. The molecule has 0 bridgehead atoms. The fraction of sp³-hybridized carbons (Fsp3) is 0.0769. The fourth-order valence-corrected chi connectivity index (χ4v) is 5.13. The second kappa shape index (κ2) is 6.54. The van der Waals surface area contributed by atoms with Crippen LogP contribution in [0.25, 0.3) is 11.1 Å². The Morgan fingerprint density at radius 2 is 1.65 bits per heavy atom. The minimum absolute atomic E-state index is 0.113. The highest BCUT2D eigenvalue weighted by molar-refractivity contribution is 7.86. The molecule has 1 aliphatic heterocycles. The molecule has 3 nitrogen and oxygen atoms in total. The maximum absolute atomic E-state index is 13.6. The first-order valence-electron chi connectivity index (χ1n) is 5.77. The molecule has 0 amide bonds. The molecular formula is C13H6ClF4IO3S. The second-order valence-corrected chi connectivity index (χ2v) is 8.75. The van der Waals surface area contributed by atoms with E-state index in [4.69, 9.17) is 24.6 Å². The summed E-state index contributed by atoms with van der Waals surface area (Å²) in [5.74, 6) is -0.113. The highest BCUT2D eigenvalue weighted by Gasteiger charge is 2.38. The summed E-state index contributed by atoms with van der Waals surface area (Å²) in [5.41, 5.74) is -3.61. The summed E-state index contributed by atoms with van der Waals surface area (Å²) in [5, 5.41) is 0.663. The van der Waals surface area contributed by atoms with Gasteiger partial charge in [0.05, 0.1) is 10.6 Å². The summed E-state index contributed by atoms with van der Waals surface area (Å²) in [4.78, 5) is 0. The van der Waals surface area contributed by atoms with Gasteiger partial charge in [0, 0.05) is 5.56 Å². The smallest absolute Gasteiger partial charge is 0.485 e. The van der Waals surface area contributed by atoms with E-state index in [0.717, 1.165) is 14.7 Å². The van der Waals surface area contributed by atoms with E-state index in [1.165, 1.54) is 9.64 Å². The van der Waals surface area contributed by atoms with Crippen molar-refractivity contribution in [2.24, 2.45) is 0 Å². The van der Waals surface area contributed by atoms with Gasteiger partial charge >= 0.3 is 26.7 Å². The number of halogens is 6. The van der Waals surface area contributed by atoms with Crippen molar-refractivity contribution >= 4 is 21.7 Å². The first kappa shape index (κ1) is 18.4. The van der Waals surface area contributed by atoms with E-state index in [9.17, 15) is 17.6 Å². The molecule has 0 fully saturated rings. The second-order valence-electron chi connectivity index (χ2n) is 4.19. The van der Waals surface area contributed by atoms with Gasteiger partial charge in [-0.05, 0) is 24.3 Å². The molecule has 2 aromatic rings. The molecule has 0 saturated heterocycles. The van der Waals surface area contributed by atoms with Gasteiger partial charge in [-0.2, -0.15) is 13.2 Å². The van der Waals surface area contributed by atoms with Crippen molar-refractivity contribution in [2.45, 2.75) is 5.51 Å². The molecule has 23 heavy (non-hydrogen) atoms. The minimum atomic E-state index is -6.09. The Bertz CT molecular complexity index is 853. The van der Waals surface area contributed by atoms with Gasteiger partial charge in [-0.15, -0.1) is 0 Å². The number of hydrogen-bond donors (Lipinski definition) is 0. The van der Waals surface area contributed by atoms with E-state index in [1.807, 2.05) is 18.2 Å². The topological polar surface area (TPSA) is 57.2 Å². The van der Waals surface area contributed by atoms with Crippen molar-refractivity contribution in [3.8, 4) is 11.1 Å². The Morgan fingerprint density at radius 1 is 1.09 bits per heavy atom. The van der Waals surface area contributed by atoms with Gasteiger partial charge in [0.1, 0.15) is 0 Å². The lowest BCUT2D eigenvalue weighted by Gasteiger charge is -2.08. The monoisotopic (exact) mass is 480 g/mol. The molecule has 0 saturated carbocycles. The van der Waals surface area contributed by atoms with Crippen LogP contribution in [0.3, 0.4) is 0 Å². The molecule has 0 aliphatic carbocycles. The Hall–Kier alpha value is -0.910. The highest BCUT2D eigenvalue weighted by atomic mass is 127. The Balaban J connectivity index is 0.000000207. The van der Waals surface area contributed by atoms with Crippen LogP contribution >= 0.6 is 11.6 Å². The van der Waals surface area contributed by atoms with Gasteiger partial charge in [-0.25, -0.2) is 12.8 Å². The third-order valence-corrected chi connectivity index (χ3v) is 6.66. The Kier molecular flexibility index (Phi) is 5.24. The maximum atomic E-state index is 13.6. The standard InChI is InChI=1S/C12H6ClFI.CHF3O3S/c13-8-5-6-9(14)12-11(8)7-3-1-2-4-10(7)15-12;2-1(3,4)8(5,6)7/h1-6H;(H,5,6,7)/q+1;/p-1. The van der Waals surface area contributed by atoms with E-state index in [1.54, 1.807) is 6.07 Å². The van der Waals surface area contributed by atoms with Crippen molar-refractivity contribution in [1.29, 1.82) is 0 Å². The van der Waals surface area contributed by atoms with Crippen molar-refractivity contribution in [3.63, 3.8) is 0 Å². The molecule has 1 heterocycles. The van der Waals surface area contributed by atoms with Gasteiger partial charge in [0.15, 0.2) is 15.9 Å². The molecule has 0 atom stereocenters. The third-order valence-electron chi connectivity index (χ3n) is 2.67. The predicted molar refractivity (Wildman–Crippen MR) is 70.0 cm³/mol. The number of hydrogen-bond acceptors (Lipinski definition) is 3. The first-order valence-corrected chi connectivity index (χ1v) is 9.71. The quantitative estimate of drug-likeness (QED) is 0.156. The third kappa shape index (κ3) is 3.95. The zero-order chi connectivity index (χ0) is 17.4. The van der Waals surface area contributed by atoms with Crippen LogP contribution < -0.4 is 21.2 Å². The van der Waals surface area contributed by atoms with Gasteiger partial charge in [0.2, 0.25) is 7.14 Å². The number of alkyl halides is 3. The van der Waals surface area contributed by atoms with Crippen LogP contribution in [0.5, 0.6) is 0 Å².